The molecule has 0 saturated carbocycles. The highest BCUT2D eigenvalue weighted by Gasteiger charge is 2.09. The summed E-state index contributed by atoms with van der Waals surface area (Å²) >= 11 is 1.69. The molecule has 0 bridgehead atoms. The molecule has 40 heavy (non-hydrogen) atoms. The smallest absolute Gasteiger partial charge is 0.337 e. The van der Waals surface area contributed by atoms with Gasteiger partial charge in [-0.05, 0) is 60.7 Å². The van der Waals surface area contributed by atoms with Gasteiger partial charge in [-0.25, -0.2) is 14.6 Å². The highest BCUT2D eigenvalue weighted by molar-refractivity contribution is 7.97. The summed E-state index contributed by atoms with van der Waals surface area (Å²) in [5.74, 6) is 1.27. The maximum Gasteiger partial charge on any atom is 0.337 e. The highest BCUT2D eigenvalue weighted by atomic mass is 32.2. The van der Waals surface area contributed by atoms with Gasteiger partial charge in [0.25, 0.3) is 0 Å². The van der Waals surface area contributed by atoms with E-state index in [0.717, 1.165) is 36.3 Å². The van der Waals surface area contributed by atoms with Gasteiger partial charge in [0.1, 0.15) is 11.4 Å². The molecule has 0 fully saturated rings. The highest BCUT2D eigenvalue weighted by Crippen LogP contribution is 2.23. The van der Waals surface area contributed by atoms with Gasteiger partial charge < -0.3 is 14.2 Å². The maximum absolute atomic E-state index is 11.8. The Morgan fingerprint density at radius 2 is 1.55 bits per heavy atom. The second kappa shape index (κ2) is 17.9. The molecule has 3 rings (SSSR count). The van der Waals surface area contributed by atoms with Gasteiger partial charge in [0.15, 0.2) is 0 Å². The topological polar surface area (TPSA) is 74.7 Å². The number of aromatic nitrogens is 1. The van der Waals surface area contributed by atoms with Crippen LogP contribution in [0.25, 0.3) is 6.08 Å². The van der Waals surface area contributed by atoms with Gasteiger partial charge >= 0.3 is 11.9 Å². The number of hydrogen-bond donors (Lipinski definition) is 0. The number of methoxy groups -OCH3 is 2. The van der Waals surface area contributed by atoms with Crippen LogP contribution in [0.4, 0.5) is 0 Å². The summed E-state index contributed by atoms with van der Waals surface area (Å²) < 4.78 is 15.6. The fraction of sp³-hybridized carbons (Fsp3) is 0.364. The molecule has 0 saturated heterocycles. The predicted molar refractivity (Wildman–Crippen MR) is 161 cm³/mol. The Kier molecular flexibility index (Phi) is 13.9. The molecule has 6 nitrogen and oxygen atoms in total. The van der Waals surface area contributed by atoms with Crippen molar-refractivity contribution in [2.24, 2.45) is 0 Å². The molecule has 0 aliphatic heterocycles. The van der Waals surface area contributed by atoms with E-state index in [-0.39, 0.29) is 5.97 Å². The molecule has 212 valence electrons. The Bertz CT molecular complexity index is 1230. The summed E-state index contributed by atoms with van der Waals surface area (Å²) in [6.45, 7) is 0.607. The van der Waals surface area contributed by atoms with E-state index in [9.17, 15) is 9.59 Å². The van der Waals surface area contributed by atoms with E-state index < -0.39 is 5.97 Å². The number of unbranched alkanes of at least 4 members (excludes halogenated alkanes) is 5. The predicted octanol–water partition coefficient (Wildman–Crippen LogP) is 7.45. The van der Waals surface area contributed by atoms with Crippen LogP contribution >= 0.6 is 11.8 Å². The maximum atomic E-state index is 11.8. The van der Waals surface area contributed by atoms with Crippen molar-refractivity contribution in [3.05, 3.63) is 101 Å². The lowest BCUT2D eigenvalue weighted by molar-refractivity contribution is -0.134. The minimum Gasteiger partial charge on any atom is -0.491 e. The van der Waals surface area contributed by atoms with Crippen LogP contribution in [-0.2, 0) is 32.2 Å². The lowest BCUT2D eigenvalue weighted by atomic mass is 10.1. The minimum atomic E-state index is -0.440. The van der Waals surface area contributed by atoms with E-state index in [0.29, 0.717) is 29.4 Å². The lowest BCUT2D eigenvalue weighted by Crippen LogP contribution is -2.02. The Labute approximate surface area is 242 Å². The van der Waals surface area contributed by atoms with Crippen molar-refractivity contribution >= 4 is 29.8 Å². The molecule has 0 unspecified atom stereocenters. The molecule has 0 aliphatic carbocycles. The largest absolute Gasteiger partial charge is 0.491 e. The average molecular weight is 562 g/mol. The number of pyridine rings is 1. The molecule has 1 aromatic heterocycles. The third-order valence-electron chi connectivity index (χ3n) is 6.35. The van der Waals surface area contributed by atoms with Crippen LogP contribution in [0.1, 0.15) is 71.4 Å². The van der Waals surface area contributed by atoms with Crippen molar-refractivity contribution in [3.63, 3.8) is 0 Å². The standard InChI is InChI=1S/C33H39NO5S/c1-37-32(35)21-19-30-31(39-22-11-6-4-3-5-8-13-26-14-9-7-10-15-26)20-18-29(34-30)25-40-24-27-16-12-17-28(23-27)33(36)38-2/h7,9-10,12,14-21,23H,3-6,8,11,13,22,24-25H2,1-2H3/b21-19+. The van der Waals surface area contributed by atoms with Crippen LogP contribution in [0.2, 0.25) is 0 Å². The van der Waals surface area contributed by atoms with Crippen LogP contribution < -0.4 is 4.74 Å². The third-order valence-corrected chi connectivity index (χ3v) is 7.39. The van der Waals surface area contributed by atoms with Gasteiger partial charge in [0, 0.05) is 17.6 Å². The first kappa shape index (κ1) is 31.0. The zero-order valence-electron chi connectivity index (χ0n) is 23.5. The van der Waals surface area contributed by atoms with E-state index in [4.69, 9.17) is 19.2 Å². The van der Waals surface area contributed by atoms with Crippen molar-refractivity contribution in [2.45, 2.75) is 56.5 Å². The van der Waals surface area contributed by atoms with E-state index in [1.165, 1.54) is 51.5 Å². The number of carbonyl (C=O) groups excluding carboxylic acids is 2. The summed E-state index contributed by atoms with van der Waals surface area (Å²) in [6, 6.07) is 22.0. The Hall–Kier alpha value is -3.58. The number of aryl methyl sites for hydroxylation is 1. The van der Waals surface area contributed by atoms with E-state index >= 15 is 0 Å². The van der Waals surface area contributed by atoms with Crippen molar-refractivity contribution in [1.29, 1.82) is 0 Å². The number of thioether (sulfide) groups is 1. The summed E-state index contributed by atoms with van der Waals surface area (Å²) in [6.07, 6.45) is 11.2. The van der Waals surface area contributed by atoms with Gasteiger partial charge in [-0.15, -0.1) is 0 Å². The van der Waals surface area contributed by atoms with E-state index in [2.05, 4.69) is 30.3 Å². The molecular formula is C33H39NO5S. The van der Waals surface area contributed by atoms with Gasteiger partial charge in [-0.2, -0.15) is 11.8 Å². The van der Waals surface area contributed by atoms with Crippen LogP contribution in [0, 0.1) is 0 Å². The molecule has 1 heterocycles. The van der Waals surface area contributed by atoms with Crippen LogP contribution in [0.3, 0.4) is 0 Å². The first-order valence-electron chi connectivity index (χ1n) is 13.8. The van der Waals surface area contributed by atoms with E-state index in [1.807, 2.05) is 30.3 Å². The lowest BCUT2D eigenvalue weighted by Gasteiger charge is -2.11. The number of hydrogen-bond acceptors (Lipinski definition) is 7. The number of benzene rings is 2. The SMILES string of the molecule is COC(=O)/C=C/c1nc(CSCc2cccc(C(=O)OC)c2)ccc1OCCCCCCCCc1ccccc1. The second-order valence-corrected chi connectivity index (χ2v) is 10.4. The average Bonchev–Trinajstić information content (AvgIpc) is 2.99. The molecule has 3 aromatic rings. The quantitative estimate of drug-likeness (QED) is 0.0962. The first-order valence-corrected chi connectivity index (χ1v) is 14.9. The summed E-state index contributed by atoms with van der Waals surface area (Å²) in [4.78, 5) is 28.2. The number of ether oxygens (including phenoxy) is 3. The second-order valence-electron chi connectivity index (χ2n) is 9.43. The number of rotatable bonds is 17. The molecule has 0 amide bonds. The molecule has 7 heteroatoms. The monoisotopic (exact) mass is 561 g/mol. The van der Waals surface area contributed by atoms with Crippen LogP contribution in [0.15, 0.2) is 72.8 Å². The summed E-state index contributed by atoms with van der Waals surface area (Å²) in [7, 11) is 2.73. The summed E-state index contributed by atoms with van der Waals surface area (Å²) in [5, 5.41) is 0. The number of esters is 2. The summed E-state index contributed by atoms with van der Waals surface area (Å²) in [5.41, 5.74) is 4.48. The fourth-order valence-electron chi connectivity index (χ4n) is 4.19. The zero-order valence-corrected chi connectivity index (χ0v) is 24.3. The molecule has 0 aliphatic rings. The first-order chi connectivity index (χ1) is 19.6. The van der Waals surface area contributed by atoms with Crippen molar-refractivity contribution in [3.8, 4) is 5.75 Å². The number of nitrogens with zero attached hydrogens (tertiary/aromatic N) is 1. The molecule has 0 spiro atoms. The van der Waals surface area contributed by atoms with Gasteiger partial charge in [-0.1, -0.05) is 68.1 Å². The fourth-order valence-corrected chi connectivity index (χ4v) is 5.07. The van der Waals surface area contributed by atoms with Gasteiger partial charge in [0.2, 0.25) is 0 Å². The van der Waals surface area contributed by atoms with Crippen LogP contribution in [-0.4, -0.2) is 37.7 Å². The minimum absolute atomic E-state index is 0.343. The van der Waals surface area contributed by atoms with Crippen LogP contribution in [0.5, 0.6) is 5.75 Å². The van der Waals surface area contributed by atoms with Crippen molar-refractivity contribution in [2.75, 3.05) is 20.8 Å². The van der Waals surface area contributed by atoms with Gasteiger partial charge in [-0.3, -0.25) is 0 Å². The van der Waals surface area contributed by atoms with E-state index in [1.54, 1.807) is 23.9 Å². The Morgan fingerprint density at radius 1 is 0.800 bits per heavy atom. The Balaban J connectivity index is 1.44. The molecule has 2 aromatic carbocycles. The number of carbonyl (C=O) groups is 2. The molecule has 0 radical (unpaired) electrons. The zero-order chi connectivity index (χ0) is 28.4. The third kappa shape index (κ3) is 11.3. The van der Waals surface area contributed by atoms with Crippen molar-refractivity contribution < 1.29 is 23.8 Å². The normalized spacial score (nSPS) is 10.9. The molecular weight excluding hydrogens is 522 g/mol. The van der Waals surface area contributed by atoms with Gasteiger partial charge in [0.05, 0.1) is 32.1 Å². The molecule has 0 N–H and O–H groups in total. The van der Waals surface area contributed by atoms with Crippen molar-refractivity contribution in [1.82, 2.24) is 4.98 Å². The molecule has 0 atom stereocenters. The Morgan fingerprint density at radius 3 is 2.33 bits per heavy atom.